The van der Waals surface area contributed by atoms with E-state index in [0.29, 0.717) is 6.42 Å². The molecule has 2 fully saturated rings. The molecule has 2 aliphatic rings. The normalized spacial score (nSPS) is 39.4. The predicted octanol–water partition coefficient (Wildman–Crippen LogP) is 3.31. The summed E-state index contributed by atoms with van der Waals surface area (Å²) in [6, 6.07) is 0. The van der Waals surface area contributed by atoms with Crippen molar-refractivity contribution < 1.29 is 22.7 Å². The minimum atomic E-state index is -4.88. The number of alkyl halides is 3. The number of halogens is 3. The summed E-state index contributed by atoms with van der Waals surface area (Å²) in [7, 11) is 0. The average Bonchev–Trinajstić information content (AvgIpc) is 2.46. The number of carbonyl (C=O) groups excluding carboxylic acids is 1. The van der Waals surface area contributed by atoms with Crippen molar-refractivity contribution >= 4 is 5.97 Å². The maximum atomic E-state index is 12.2. The van der Waals surface area contributed by atoms with Crippen molar-refractivity contribution in [1.29, 1.82) is 0 Å². The molecule has 17 heavy (non-hydrogen) atoms. The molecular formula is C12H17F3O2. The van der Waals surface area contributed by atoms with Gasteiger partial charge >= 0.3 is 12.1 Å². The van der Waals surface area contributed by atoms with E-state index in [9.17, 15) is 18.0 Å². The first-order chi connectivity index (χ1) is 7.58. The van der Waals surface area contributed by atoms with Crippen molar-refractivity contribution in [3.05, 3.63) is 0 Å². The highest BCUT2D eigenvalue weighted by Crippen LogP contribution is 2.66. The van der Waals surface area contributed by atoms with Gasteiger partial charge < -0.3 is 4.74 Å². The fourth-order valence-corrected chi connectivity index (χ4v) is 3.53. The molecule has 0 aromatic carbocycles. The third-order valence-corrected chi connectivity index (χ3v) is 5.08. The summed E-state index contributed by atoms with van der Waals surface area (Å²) < 4.78 is 41.1. The van der Waals surface area contributed by atoms with Crippen LogP contribution in [0.4, 0.5) is 13.2 Å². The van der Waals surface area contributed by atoms with E-state index in [1.807, 2.05) is 0 Å². The standard InChI is InChI=1S/C12H17F3O2/c1-10(2)7-4-5-11(10,3)6-8(7)17-9(16)12(13,14)15/h7-8H,4-6H2,1-3H3. The fourth-order valence-electron chi connectivity index (χ4n) is 3.53. The molecule has 0 heterocycles. The first kappa shape index (κ1) is 12.7. The molecule has 0 aromatic heterocycles. The Bertz CT molecular complexity index is 345. The fraction of sp³-hybridized carbons (Fsp3) is 0.917. The molecule has 98 valence electrons. The van der Waals surface area contributed by atoms with Gasteiger partial charge in [0.15, 0.2) is 0 Å². The molecule has 5 heteroatoms. The predicted molar refractivity (Wildman–Crippen MR) is 55.2 cm³/mol. The maximum absolute atomic E-state index is 12.2. The first-order valence-corrected chi connectivity index (χ1v) is 5.86. The zero-order valence-corrected chi connectivity index (χ0v) is 10.2. The van der Waals surface area contributed by atoms with Crippen molar-refractivity contribution in [2.24, 2.45) is 16.7 Å². The van der Waals surface area contributed by atoms with Gasteiger partial charge in [-0.3, -0.25) is 0 Å². The van der Waals surface area contributed by atoms with E-state index in [4.69, 9.17) is 0 Å². The summed E-state index contributed by atoms with van der Waals surface area (Å²) in [5.74, 6) is -1.99. The number of carbonyl (C=O) groups is 1. The van der Waals surface area contributed by atoms with Gasteiger partial charge in [0.1, 0.15) is 6.10 Å². The molecule has 0 radical (unpaired) electrons. The molecule has 0 N–H and O–H groups in total. The highest BCUT2D eigenvalue weighted by atomic mass is 19.4. The van der Waals surface area contributed by atoms with E-state index in [2.05, 4.69) is 25.5 Å². The summed E-state index contributed by atoms with van der Waals surface area (Å²) in [6.07, 6.45) is -3.05. The van der Waals surface area contributed by atoms with Gasteiger partial charge in [0.25, 0.3) is 0 Å². The van der Waals surface area contributed by atoms with E-state index < -0.39 is 18.2 Å². The van der Waals surface area contributed by atoms with E-state index in [-0.39, 0.29) is 16.7 Å². The Morgan fingerprint density at radius 1 is 1.29 bits per heavy atom. The van der Waals surface area contributed by atoms with Gasteiger partial charge in [-0.05, 0) is 30.1 Å². The Balaban J connectivity index is 2.11. The Hall–Kier alpha value is -0.740. The Morgan fingerprint density at radius 2 is 1.88 bits per heavy atom. The molecule has 0 aromatic rings. The van der Waals surface area contributed by atoms with Crippen molar-refractivity contribution in [2.75, 3.05) is 0 Å². The lowest BCUT2D eigenvalue weighted by Crippen LogP contribution is -2.34. The highest BCUT2D eigenvalue weighted by Gasteiger charge is 2.62. The largest absolute Gasteiger partial charge is 0.490 e. The number of hydrogen-bond donors (Lipinski definition) is 0. The topological polar surface area (TPSA) is 26.3 Å². The van der Waals surface area contributed by atoms with Gasteiger partial charge in [-0.1, -0.05) is 20.8 Å². The Labute approximate surface area is 98.5 Å². The van der Waals surface area contributed by atoms with E-state index in [1.54, 1.807) is 0 Å². The first-order valence-electron chi connectivity index (χ1n) is 5.86. The van der Waals surface area contributed by atoms with Crippen molar-refractivity contribution in [1.82, 2.24) is 0 Å². The van der Waals surface area contributed by atoms with Gasteiger partial charge in [-0.2, -0.15) is 13.2 Å². The van der Waals surface area contributed by atoms with Crippen molar-refractivity contribution in [3.63, 3.8) is 0 Å². The second kappa shape index (κ2) is 3.39. The third-order valence-electron chi connectivity index (χ3n) is 5.08. The molecule has 2 rings (SSSR count). The number of rotatable bonds is 1. The van der Waals surface area contributed by atoms with Crippen LogP contribution in [-0.2, 0) is 9.53 Å². The van der Waals surface area contributed by atoms with Gasteiger partial charge in [0.05, 0.1) is 0 Å². The number of hydrogen-bond acceptors (Lipinski definition) is 2. The molecule has 3 atom stereocenters. The van der Waals surface area contributed by atoms with Crippen LogP contribution in [0.1, 0.15) is 40.0 Å². The van der Waals surface area contributed by atoms with Crippen molar-refractivity contribution in [2.45, 2.75) is 52.3 Å². The third kappa shape index (κ3) is 1.74. The summed E-state index contributed by atoms with van der Waals surface area (Å²) >= 11 is 0. The van der Waals surface area contributed by atoms with E-state index >= 15 is 0 Å². The van der Waals surface area contributed by atoms with Crippen LogP contribution in [0.5, 0.6) is 0 Å². The highest BCUT2D eigenvalue weighted by molar-refractivity contribution is 5.75. The number of ether oxygens (including phenoxy) is 1. The van der Waals surface area contributed by atoms with Crippen molar-refractivity contribution in [3.8, 4) is 0 Å². The van der Waals surface area contributed by atoms with Crippen LogP contribution in [0.25, 0.3) is 0 Å². The SMILES string of the molecule is CC12CCC(C(OC(=O)C(F)(F)F)C1)C2(C)C. The summed E-state index contributed by atoms with van der Waals surface area (Å²) in [5.41, 5.74) is -0.0578. The molecule has 2 bridgehead atoms. The molecule has 0 amide bonds. The maximum Gasteiger partial charge on any atom is 0.490 e. The van der Waals surface area contributed by atoms with Gasteiger partial charge in [-0.25, -0.2) is 4.79 Å². The summed E-state index contributed by atoms with van der Waals surface area (Å²) in [4.78, 5) is 10.9. The lowest BCUT2D eigenvalue weighted by molar-refractivity contribution is -0.207. The zero-order chi connectivity index (χ0) is 13.1. The van der Waals surface area contributed by atoms with Crippen LogP contribution in [0.3, 0.4) is 0 Å². The number of fused-ring (bicyclic) bond motifs is 2. The van der Waals surface area contributed by atoms with Gasteiger partial charge in [0, 0.05) is 5.92 Å². The molecule has 2 aliphatic carbocycles. The minimum absolute atomic E-state index is 0.00574. The van der Waals surface area contributed by atoms with E-state index in [0.717, 1.165) is 12.8 Å². The van der Waals surface area contributed by atoms with Gasteiger partial charge in [-0.15, -0.1) is 0 Å². The van der Waals surface area contributed by atoms with Gasteiger partial charge in [0.2, 0.25) is 0 Å². The number of esters is 1. The Kier molecular flexibility index (Phi) is 2.53. The summed E-state index contributed by atoms with van der Waals surface area (Å²) in [5, 5.41) is 0. The van der Waals surface area contributed by atoms with Crippen LogP contribution >= 0.6 is 0 Å². The van der Waals surface area contributed by atoms with Crippen LogP contribution in [0, 0.1) is 16.7 Å². The minimum Gasteiger partial charge on any atom is -0.455 e. The molecule has 2 nitrogen and oxygen atoms in total. The van der Waals surface area contributed by atoms with Crippen LogP contribution in [0.15, 0.2) is 0 Å². The zero-order valence-electron chi connectivity index (χ0n) is 10.2. The average molecular weight is 250 g/mol. The van der Waals surface area contributed by atoms with Crippen LogP contribution in [0.2, 0.25) is 0 Å². The Morgan fingerprint density at radius 3 is 2.24 bits per heavy atom. The molecule has 0 aliphatic heterocycles. The molecule has 2 saturated carbocycles. The smallest absolute Gasteiger partial charge is 0.455 e. The second-order valence-electron chi connectivity index (χ2n) is 6.07. The molecule has 0 spiro atoms. The lowest BCUT2D eigenvalue weighted by atomic mass is 9.71. The van der Waals surface area contributed by atoms with Crippen LogP contribution < -0.4 is 0 Å². The molecule has 3 unspecified atom stereocenters. The van der Waals surface area contributed by atoms with Crippen LogP contribution in [-0.4, -0.2) is 18.2 Å². The quantitative estimate of drug-likeness (QED) is 0.667. The summed E-state index contributed by atoms with van der Waals surface area (Å²) in [6.45, 7) is 6.20. The van der Waals surface area contributed by atoms with E-state index in [1.165, 1.54) is 0 Å². The molecular weight excluding hydrogens is 233 g/mol. The monoisotopic (exact) mass is 250 g/mol. The second-order valence-corrected chi connectivity index (χ2v) is 6.07. The lowest BCUT2D eigenvalue weighted by Gasteiger charge is -2.33. The molecule has 0 saturated heterocycles.